The number of carbonyl (C=O) groups excluding carboxylic acids is 4. The lowest BCUT2D eigenvalue weighted by Crippen LogP contribution is -2.44. The van der Waals surface area contributed by atoms with E-state index in [0.29, 0.717) is 31.1 Å². The number of hydrogen-bond acceptors (Lipinski definition) is 6. The van der Waals surface area contributed by atoms with Crippen molar-refractivity contribution < 1.29 is 29.1 Å². The fourth-order valence-electron chi connectivity index (χ4n) is 4.36. The Balaban J connectivity index is 1.24. The van der Waals surface area contributed by atoms with Gasteiger partial charge in [-0.2, -0.15) is 11.8 Å². The number of nitrogens with zero attached hydrogens (tertiary/aromatic N) is 1. The van der Waals surface area contributed by atoms with Crippen molar-refractivity contribution in [3.05, 3.63) is 0 Å². The Hall–Kier alpha value is -2.30. The summed E-state index contributed by atoms with van der Waals surface area (Å²) in [6.45, 7) is 0.437. The number of fused-ring (bicyclic) bond motifs is 1. The lowest BCUT2D eigenvalue weighted by atomic mass is 10.0. The van der Waals surface area contributed by atoms with Gasteiger partial charge in [0.05, 0.1) is 12.1 Å². The second-order valence-electron chi connectivity index (χ2n) is 8.22. The smallest absolute Gasteiger partial charge is 0.326 e. The lowest BCUT2D eigenvalue weighted by molar-refractivity contribution is -0.154. The standard InChI is InChI=1S/C20H30N4O6S/c25-15(7-2-1-6-14-18-12(11-31-14)22-20(30)23-18)21-10-4-3-5-13(19(28)29)24-16(26)8-9-17(24)27/h12-14,18H,1-11H2,(H,21,25)(H,28,29)(H2,22,23,30)/t12-,13?,14-,18-/m0/s1. The second-order valence-corrected chi connectivity index (χ2v) is 9.50. The molecule has 3 aliphatic rings. The fraction of sp³-hybridized carbons (Fsp3) is 0.750. The van der Waals surface area contributed by atoms with Crippen LogP contribution in [0.4, 0.5) is 4.79 Å². The van der Waals surface area contributed by atoms with E-state index in [0.717, 1.165) is 29.9 Å². The zero-order valence-electron chi connectivity index (χ0n) is 17.4. The number of hydrogen-bond donors (Lipinski definition) is 4. The monoisotopic (exact) mass is 454 g/mol. The summed E-state index contributed by atoms with van der Waals surface area (Å²) in [5.74, 6) is -1.13. The first-order chi connectivity index (χ1) is 14.9. The summed E-state index contributed by atoms with van der Waals surface area (Å²) >= 11 is 1.86. The highest BCUT2D eigenvalue weighted by molar-refractivity contribution is 8.00. The first-order valence-corrected chi connectivity index (χ1v) is 11.9. The Kier molecular flexibility index (Phi) is 8.16. The van der Waals surface area contributed by atoms with E-state index in [-0.39, 0.29) is 43.3 Å². The highest BCUT2D eigenvalue weighted by atomic mass is 32.2. The van der Waals surface area contributed by atoms with E-state index < -0.39 is 23.8 Å². The van der Waals surface area contributed by atoms with Crippen LogP contribution >= 0.6 is 11.8 Å². The van der Waals surface area contributed by atoms with Crippen molar-refractivity contribution >= 4 is 41.5 Å². The maximum absolute atomic E-state index is 12.0. The number of urea groups is 1. The van der Waals surface area contributed by atoms with Crippen molar-refractivity contribution in [1.29, 1.82) is 0 Å². The van der Waals surface area contributed by atoms with Crippen molar-refractivity contribution in [2.45, 2.75) is 81.2 Å². The topological polar surface area (TPSA) is 145 Å². The lowest BCUT2D eigenvalue weighted by Gasteiger charge is -2.22. The highest BCUT2D eigenvalue weighted by Crippen LogP contribution is 2.33. The Morgan fingerprint density at radius 2 is 1.84 bits per heavy atom. The number of carboxylic acids is 1. The summed E-state index contributed by atoms with van der Waals surface area (Å²) < 4.78 is 0. The third-order valence-corrected chi connectivity index (χ3v) is 7.50. The molecule has 10 nitrogen and oxygen atoms in total. The molecule has 1 unspecified atom stereocenters. The van der Waals surface area contributed by atoms with E-state index in [4.69, 9.17) is 0 Å². The van der Waals surface area contributed by atoms with Crippen molar-refractivity contribution in [3.63, 3.8) is 0 Å². The predicted octanol–water partition coefficient (Wildman–Crippen LogP) is 0.601. The Morgan fingerprint density at radius 1 is 1.10 bits per heavy atom. The maximum atomic E-state index is 12.0. The van der Waals surface area contributed by atoms with Crippen LogP contribution in [0.15, 0.2) is 0 Å². The van der Waals surface area contributed by atoms with Gasteiger partial charge in [0.2, 0.25) is 17.7 Å². The quantitative estimate of drug-likeness (QED) is 0.192. The summed E-state index contributed by atoms with van der Waals surface area (Å²) in [5.41, 5.74) is 0. The van der Waals surface area contributed by atoms with Gasteiger partial charge in [-0.3, -0.25) is 19.3 Å². The van der Waals surface area contributed by atoms with Gasteiger partial charge in [0.1, 0.15) is 6.04 Å². The molecule has 0 aliphatic carbocycles. The molecule has 0 aromatic rings. The summed E-state index contributed by atoms with van der Waals surface area (Å²) in [7, 11) is 0. The summed E-state index contributed by atoms with van der Waals surface area (Å²) in [6.07, 6.45) is 4.52. The minimum absolute atomic E-state index is 0.0347. The number of imide groups is 1. The van der Waals surface area contributed by atoms with E-state index >= 15 is 0 Å². The zero-order valence-corrected chi connectivity index (χ0v) is 18.2. The van der Waals surface area contributed by atoms with Crippen LogP contribution < -0.4 is 16.0 Å². The highest BCUT2D eigenvalue weighted by Gasteiger charge is 2.42. The van der Waals surface area contributed by atoms with Gasteiger partial charge in [-0.15, -0.1) is 0 Å². The Bertz CT molecular complexity index is 716. The van der Waals surface area contributed by atoms with Crippen molar-refractivity contribution in [3.8, 4) is 0 Å². The van der Waals surface area contributed by atoms with Crippen LogP contribution in [-0.2, 0) is 19.2 Å². The van der Waals surface area contributed by atoms with Gasteiger partial charge >= 0.3 is 12.0 Å². The molecular formula is C20H30N4O6S. The normalized spacial score (nSPS) is 25.9. The molecule has 0 saturated carbocycles. The molecular weight excluding hydrogens is 424 g/mol. The van der Waals surface area contributed by atoms with Crippen LogP contribution in [0, 0.1) is 0 Å². The average Bonchev–Trinajstić information content (AvgIpc) is 3.37. The minimum Gasteiger partial charge on any atom is -0.480 e. The number of carboxylic acid groups (broad SMARTS) is 1. The molecule has 0 spiro atoms. The van der Waals surface area contributed by atoms with Crippen molar-refractivity contribution in [1.82, 2.24) is 20.9 Å². The maximum Gasteiger partial charge on any atom is 0.326 e. The van der Waals surface area contributed by atoms with Crippen molar-refractivity contribution in [2.24, 2.45) is 0 Å². The zero-order chi connectivity index (χ0) is 22.4. The Morgan fingerprint density at radius 3 is 2.55 bits per heavy atom. The van der Waals surface area contributed by atoms with Crippen LogP contribution in [0.25, 0.3) is 0 Å². The third kappa shape index (κ3) is 6.11. The molecule has 0 radical (unpaired) electrons. The van der Waals surface area contributed by atoms with Crippen LogP contribution in [0.1, 0.15) is 57.8 Å². The molecule has 3 aliphatic heterocycles. The van der Waals surface area contributed by atoms with E-state index in [1.54, 1.807) is 0 Å². The predicted molar refractivity (Wildman–Crippen MR) is 113 cm³/mol. The number of carbonyl (C=O) groups is 5. The molecule has 3 saturated heterocycles. The third-order valence-electron chi connectivity index (χ3n) is 5.99. The molecule has 0 bridgehead atoms. The second kappa shape index (κ2) is 10.8. The van der Waals surface area contributed by atoms with E-state index in [2.05, 4.69) is 16.0 Å². The van der Waals surface area contributed by atoms with Crippen LogP contribution in [0.2, 0.25) is 0 Å². The number of likely N-dealkylation sites (tertiary alicyclic amines) is 1. The van der Waals surface area contributed by atoms with Crippen LogP contribution in [-0.4, -0.2) is 75.4 Å². The van der Waals surface area contributed by atoms with Crippen LogP contribution in [0.5, 0.6) is 0 Å². The summed E-state index contributed by atoms with van der Waals surface area (Å²) in [4.78, 5) is 59.2. The van der Waals surface area contributed by atoms with E-state index in [9.17, 15) is 29.1 Å². The van der Waals surface area contributed by atoms with Gasteiger partial charge in [-0.1, -0.05) is 6.42 Å². The van der Waals surface area contributed by atoms with E-state index in [1.165, 1.54) is 0 Å². The molecule has 4 N–H and O–H groups in total. The van der Waals surface area contributed by atoms with E-state index in [1.807, 2.05) is 11.8 Å². The number of aliphatic carboxylic acids is 1. The first kappa shape index (κ1) is 23.4. The number of thioether (sulfide) groups is 1. The van der Waals surface area contributed by atoms with Gasteiger partial charge in [0.25, 0.3) is 0 Å². The van der Waals surface area contributed by atoms with Gasteiger partial charge in [-0.25, -0.2) is 9.59 Å². The number of nitrogens with one attached hydrogen (secondary N) is 3. The first-order valence-electron chi connectivity index (χ1n) is 10.9. The molecule has 31 heavy (non-hydrogen) atoms. The molecule has 4 atom stereocenters. The van der Waals surface area contributed by atoms with Gasteiger partial charge in [-0.05, 0) is 32.1 Å². The molecule has 0 aromatic carbocycles. The number of amides is 5. The van der Waals surface area contributed by atoms with Gasteiger partial charge in [0, 0.05) is 36.8 Å². The summed E-state index contributed by atoms with van der Waals surface area (Å²) in [6, 6.07) is -0.806. The molecule has 172 valence electrons. The van der Waals surface area contributed by atoms with Crippen molar-refractivity contribution in [2.75, 3.05) is 12.3 Å². The van der Waals surface area contributed by atoms with Gasteiger partial charge in [0.15, 0.2) is 0 Å². The Labute approximate surface area is 185 Å². The minimum atomic E-state index is -1.17. The summed E-state index contributed by atoms with van der Waals surface area (Å²) in [5, 5.41) is 18.4. The molecule has 3 heterocycles. The van der Waals surface area contributed by atoms with Crippen LogP contribution in [0.3, 0.4) is 0 Å². The molecule has 3 rings (SSSR count). The molecule has 0 aromatic heterocycles. The SMILES string of the molecule is O=C(CCCC[C@@H]1SC[C@@H]2NC(=O)N[C@@H]21)NCCCCC(C(=O)O)N1C(=O)CCC1=O. The van der Waals surface area contributed by atoms with Gasteiger partial charge < -0.3 is 21.1 Å². The molecule has 3 fully saturated rings. The molecule has 5 amide bonds. The largest absolute Gasteiger partial charge is 0.480 e. The number of unbranched alkanes of at least 4 members (excludes halogenated alkanes) is 2. The number of rotatable bonds is 12. The average molecular weight is 455 g/mol. The molecule has 11 heteroatoms. The fourth-order valence-corrected chi connectivity index (χ4v) is 5.90.